The van der Waals surface area contributed by atoms with Crippen LogP contribution in [0.25, 0.3) is 0 Å². The van der Waals surface area contributed by atoms with Gasteiger partial charge in [0.2, 0.25) is 11.1 Å². The number of thioether (sulfide) groups is 1. The quantitative estimate of drug-likeness (QED) is 0.402. The van der Waals surface area contributed by atoms with Crippen molar-refractivity contribution < 1.29 is 9.53 Å². The molecule has 3 rings (SSSR count). The number of ether oxygens (including phenoxy) is 1. The Labute approximate surface area is 189 Å². The summed E-state index contributed by atoms with van der Waals surface area (Å²) in [6.45, 7) is 8.65. The summed E-state index contributed by atoms with van der Waals surface area (Å²) in [6, 6.07) is 12.0. The van der Waals surface area contributed by atoms with E-state index in [1.54, 1.807) is 0 Å². The fraction of sp³-hybridized carbons (Fsp3) is 0.318. The molecule has 0 saturated heterocycles. The fourth-order valence-electron chi connectivity index (χ4n) is 2.70. The molecule has 0 saturated carbocycles. The topological polar surface area (TPSA) is 79.9 Å². The van der Waals surface area contributed by atoms with Crippen molar-refractivity contribution in [2.24, 2.45) is 0 Å². The largest absolute Gasteiger partial charge is 0.486 e. The first-order chi connectivity index (χ1) is 14.3. The molecule has 0 bridgehead atoms. The predicted molar refractivity (Wildman–Crippen MR) is 124 cm³/mol. The van der Waals surface area contributed by atoms with E-state index in [9.17, 15) is 4.79 Å². The summed E-state index contributed by atoms with van der Waals surface area (Å²) in [7, 11) is 0. The van der Waals surface area contributed by atoms with E-state index >= 15 is 0 Å². The maximum Gasteiger partial charge on any atom is 0.234 e. The van der Waals surface area contributed by atoms with Crippen LogP contribution in [0, 0.1) is 13.8 Å². The number of amides is 1. The number of nitrogens with zero attached hydrogens (tertiary/aromatic N) is 2. The van der Waals surface area contributed by atoms with Crippen LogP contribution in [0.4, 0.5) is 5.69 Å². The van der Waals surface area contributed by atoms with Crippen LogP contribution in [-0.4, -0.2) is 26.8 Å². The highest BCUT2D eigenvalue weighted by Gasteiger charge is 2.11. The van der Waals surface area contributed by atoms with Gasteiger partial charge in [-0.3, -0.25) is 9.89 Å². The van der Waals surface area contributed by atoms with Gasteiger partial charge in [0.05, 0.1) is 11.4 Å². The number of halogens is 1. The summed E-state index contributed by atoms with van der Waals surface area (Å²) < 4.78 is 6.61. The van der Waals surface area contributed by atoms with E-state index in [2.05, 4.69) is 62.4 Å². The molecule has 2 N–H and O–H groups in total. The SMILES string of the molecule is Cc1cc(Br)c(NC(=O)CSc2n[nH]c(COc3ccc(C(C)C)cc3)n2)cc1C. The van der Waals surface area contributed by atoms with E-state index in [1.807, 2.05) is 38.1 Å². The first-order valence-corrected chi connectivity index (χ1v) is 11.4. The van der Waals surface area contributed by atoms with Crippen molar-refractivity contribution in [3.63, 3.8) is 0 Å². The Morgan fingerprint density at radius 3 is 2.60 bits per heavy atom. The number of aromatic nitrogens is 3. The highest BCUT2D eigenvalue weighted by Crippen LogP contribution is 2.26. The number of aromatic amines is 1. The van der Waals surface area contributed by atoms with E-state index < -0.39 is 0 Å². The van der Waals surface area contributed by atoms with E-state index in [-0.39, 0.29) is 18.3 Å². The minimum atomic E-state index is -0.114. The second-order valence-corrected chi connectivity index (χ2v) is 9.13. The van der Waals surface area contributed by atoms with E-state index in [0.29, 0.717) is 16.9 Å². The number of rotatable bonds is 8. The van der Waals surface area contributed by atoms with Gasteiger partial charge in [-0.1, -0.05) is 37.7 Å². The van der Waals surface area contributed by atoms with Gasteiger partial charge in [0, 0.05) is 4.47 Å². The van der Waals surface area contributed by atoms with Gasteiger partial charge in [0.15, 0.2) is 5.82 Å². The molecule has 6 nitrogen and oxygen atoms in total. The minimum Gasteiger partial charge on any atom is -0.486 e. The molecule has 2 aromatic carbocycles. The fourth-order valence-corrected chi connectivity index (χ4v) is 3.87. The Hall–Kier alpha value is -2.32. The van der Waals surface area contributed by atoms with Gasteiger partial charge in [0.25, 0.3) is 0 Å². The second kappa shape index (κ2) is 10.1. The van der Waals surface area contributed by atoms with Crippen LogP contribution < -0.4 is 10.1 Å². The maximum absolute atomic E-state index is 12.3. The normalized spacial score (nSPS) is 11.0. The van der Waals surface area contributed by atoms with Crippen molar-refractivity contribution in [2.75, 3.05) is 11.1 Å². The molecule has 1 aromatic heterocycles. The smallest absolute Gasteiger partial charge is 0.234 e. The highest BCUT2D eigenvalue weighted by atomic mass is 79.9. The number of H-pyrrole nitrogens is 1. The molecule has 8 heteroatoms. The number of benzene rings is 2. The number of anilines is 1. The molecule has 0 atom stereocenters. The molecule has 0 aliphatic carbocycles. The molecule has 0 unspecified atom stereocenters. The molecular weight excluding hydrogens is 464 g/mol. The summed E-state index contributed by atoms with van der Waals surface area (Å²) in [4.78, 5) is 16.7. The minimum absolute atomic E-state index is 0.114. The van der Waals surface area contributed by atoms with Gasteiger partial charge < -0.3 is 10.1 Å². The monoisotopic (exact) mass is 488 g/mol. The third-order valence-electron chi connectivity index (χ3n) is 4.62. The first kappa shape index (κ1) is 22.4. The van der Waals surface area contributed by atoms with E-state index in [4.69, 9.17) is 4.74 Å². The Balaban J connectivity index is 1.48. The zero-order chi connectivity index (χ0) is 21.7. The average Bonchev–Trinajstić information content (AvgIpc) is 3.17. The molecule has 0 spiro atoms. The number of aryl methyl sites for hydroxylation is 2. The van der Waals surface area contributed by atoms with Crippen LogP contribution in [0.15, 0.2) is 46.0 Å². The summed E-state index contributed by atoms with van der Waals surface area (Å²) in [5.74, 6) is 1.98. The van der Waals surface area contributed by atoms with Crippen molar-refractivity contribution >= 4 is 39.3 Å². The lowest BCUT2D eigenvalue weighted by atomic mass is 10.0. The van der Waals surface area contributed by atoms with Crippen LogP contribution in [0.3, 0.4) is 0 Å². The van der Waals surface area contributed by atoms with Gasteiger partial charge >= 0.3 is 0 Å². The highest BCUT2D eigenvalue weighted by molar-refractivity contribution is 9.10. The average molecular weight is 489 g/mol. The van der Waals surface area contributed by atoms with Gasteiger partial charge in [-0.15, -0.1) is 5.10 Å². The standard InChI is InChI=1S/C22H25BrN4O2S/c1-13(2)16-5-7-17(8-6-16)29-11-20-25-22(27-26-20)30-12-21(28)24-19-10-15(4)14(3)9-18(19)23/h5-10,13H,11-12H2,1-4H3,(H,24,28)(H,25,26,27). The van der Waals surface area contributed by atoms with Crippen molar-refractivity contribution in [3.8, 4) is 5.75 Å². The zero-order valence-corrected chi connectivity index (χ0v) is 19.9. The molecule has 1 heterocycles. The molecule has 0 radical (unpaired) electrons. The lowest BCUT2D eigenvalue weighted by molar-refractivity contribution is -0.113. The van der Waals surface area contributed by atoms with Crippen LogP contribution >= 0.6 is 27.7 Å². The molecule has 30 heavy (non-hydrogen) atoms. The van der Waals surface area contributed by atoms with E-state index in [0.717, 1.165) is 21.5 Å². The Bertz CT molecular complexity index is 1020. The van der Waals surface area contributed by atoms with Crippen LogP contribution in [-0.2, 0) is 11.4 Å². The summed E-state index contributed by atoms with van der Waals surface area (Å²) in [5.41, 5.74) is 4.32. The van der Waals surface area contributed by atoms with Gasteiger partial charge in [-0.25, -0.2) is 4.98 Å². The van der Waals surface area contributed by atoms with Gasteiger partial charge in [0.1, 0.15) is 12.4 Å². The van der Waals surface area contributed by atoms with Gasteiger partial charge in [-0.05, 0) is 76.7 Å². The third kappa shape index (κ3) is 6.09. The number of nitrogens with one attached hydrogen (secondary N) is 2. The third-order valence-corrected chi connectivity index (χ3v) is 6.13. The molecule has 158 valence electrons. The Morgan fingerprint density at radius 2 is 1.90 bits per heavy atom. The summed E-state index contributed by atoms with van der Waals surface area (Å²) >= 11 is 4.76. The first-order valence-electron chi connectivity index (χ1n) is 9.65. The molecule has 0 aliphatic rings. The van der Waals surface area contributed by atoms with Crippen molar-refractivity contribution in [2.45, 2.75) is 45.4 Å². The maximum atomic E-state index is 12.3. The second-order valence-electron chi connectivity index (χ2n) is 7.33. The summed E-state index contributed by atoms with van der Waals surface area (Å²) in [5, 5.41) is 10.4. The number of hydrogen-bond acceptors (Lipinski definition) is 5. The Morgan fingerprint density at radius 1 is 1.20 bits per heavy atom. The number of hydrogen-bond donors (Lipinski definition) is 2. The van der Waals surface area contributed by atoms with Crippen molar-refractivity contribution in [1.29, 1.82) is 0 Å². The number of carbonyl (C=O) groups is 1. The van der Waals surface area contributed by atoms with Crippen LogP contribution in [0.2, 0.25) is 0 Å². The predicted octanol–water partition coefficient (Wildman–Crippen LogP) is 5.62. The van der Waals surface area contributed by atoms with Crippen molar-refractivity contribution in [3.05, 3.63) is 63.4 Å². The molecular formula is C22H25BrN4O2S. The molecule has 1 amide bonds. The van der Waals surface area contributed by atoms with Gasteiger partial charge in [-0.2, -0.15) is 0 Å². The van der Waals surface area contributed by atoms with Crippen LogP contribution in [0.5, 0.6) is 5.75 Å². The lowest BCUT2D eigenvalue weighted by Gasteiger charge is -2.09. The lowest BCUT2D eigenvalue weighted by Crippen LogP contribution is -2.14. The Kier molecular flexibility index (Phi) is 7.55. The van der Waals surface area contributed by atoms with Crippen LogP contribution in [0.1, 0.15) is 42.3 Å². The molecule has 0 fully saturated rings. The molecule has 0 aliphatic heterocycles. The van der Waals surface area contributed by atoms with E-state index in [1.165, 1.54) is 22.9 Å². The number of carbonyl (C=O) groups excluding carboxylic acids is 1. The molecule has 3 aromatic rings. The van der Waals surface area contributed by atoms with Crippen molar-refractivity contribution in [1.82, 2.24) is 15.2 Å². The zero-order valence-electron chi connectivity index (χ0n) is 17.5. The summed E-state index contributed by atoms with van der Waals surface area (Å²) in [6.07, 6.45) is 0.